The molecule has 0 heterocycles. The summed E-state index contributed by atoms with van der Waals surface area (Å²) in [4.78, 5) is 11.3. The highest BCUT2D eigenvalue weighted by Gasteiger charge is 2.18. The maximum atomic E-state index is 13.4. The van der Waals surface area contributed by atoms with Crippen molar-refractivity contribution in [3.63, 3.8) is 0 Å². The van der Waals surface area contributed by atoms with Gasteiger partial charge in [0.15, 0.2) is 0 Å². The Labute approximate surface area is 121 Å². The summed E-state index contributed by atoms with van der Waals surface area (Å²) in [5.74, 6) is -1.98. The number of nitrogens with one attached hydrogen (secondary N) is 1. The minimum absolute atomic E-state index is 0.240. The van der Waals surface area contributed by atoms with E-state index in [2.05, 4.69) is 5.32 Å². The third-order valence-electron chi connectivity index (χ3n) is 3.78. The molecule has 4 nitrogen and oxygen atoms in total. The highest BCUT2D eigenvalue weighted by molar-refractivity contribution is 6.00. The second-order valence-corrected chi connectivity index (χ2v) is 5.15. The van der Waals surface area contributed by atoms with Gasteiger partial charge in [0, 0.05) is 5.69 Å². The fourth-order valence-corrected chi connectivity index (χ4v) is 2.73. The summed E-state index contributed by atoms with van der Waals surface area (Å²) in [5.41, 5.74) is 8.61. The van der Waals surface area contributed by atoms with Crippen molar-refractivity contribution in [1.82, 2.24) is 0 Å². The maximum absolute atomic E-state index is 13.4. The van der Waals surface area contributed by atoms with E-state index in [0.29, 0.717) is 5.69 Å². The van der Waals surface area contributed by atoms with Crippen molar-refractivity contribution in [3.05, 3.63) is 52.8 Å². The summed E-state index contributed by atoms with van der Waals surface area (Å²) in [5, 5.41) is 12.2. The van der Waals surface area contributed by atoms with Gasteiger partial charge in [0.2, 0.25) is 0 Å². The van der Waals surface area contributed by atoms with Crippen LogP contribution in [0, 0.1) is 5.82 Å². The summed E-state index contributed by atoms with van der Waals surface area (Å²) in [7, 11) is 0. The van der Waals surface area contributed by atoms with Crippen molar-refractivity contribution in [3.8, 4) is 0 Å². The molecular weight excluding hydrogens is 271 g/mol. The molecule has 3 rings (SSSR count). The molecule has 1 aliphatic carbocycles. The molecule has 108 valence electrons. The van der Waals surface area contributed by atoms with Crippen LogP contribution in [0.4, 0.5) is 21.5 Å². The number of anilines is 3. The van der Waals surface area contributed by atoms with Gasteiger partial charge in [0.05, 0.1) is 11.4 Å². The van der Waals surface area contributed by atoms with Gasteiger partial charge in [0.25, 0.3) is 0 Å². The fourth-order valence-electron chi connectivity index (χ4n) is 2.73. The zero-order valence-electron chi connectivity index (χ0n) is 11.3. The zero-order chi connectivity index (χ0) is 15.0. The number of nitrogen functional groups attached to an aromatic ring is 1. The van der Waals surface area contributed by atoms with Crippen LogP contribution < -0.4 is 11.1 Å². The second kappa shape index (κ2) is 5.09. The Balaban J connectivity index is 1.98. The number of nitrogens with two attached hydrogens (primary N) is 1. The third-order valence-corrected chi connectivity index (χ3v) is 3.78. The normalized spacial score (nSPS) is 13.0. The number of benzene rings is 2. The number of rotatable bonds is 3. The van der Waals surface area contributed by atoms with Gasteiger partial charge in [-0.05, 0) is 54.7 Å². The van der Waals surface area contributed by atoms with E-state index in [4.69, 9.17) is 5.73 Å². The van der Waals surface area contributed by atoms with Crippen molar-refractivity contribution in [1.29, 1.82) is 0 Å². The molecule has 0 saturated heterocycles. The minimum Gasteiger partial charge on any atom is -0.478 e. The molecule has 0 saturated carbocycles. The van der Waals surface area contributed by atoms with Crippen LogP contribution in [-0.4, -0.2) is 11.1 Å². The number of hydrogen-bond donors (Lipinski definition) is 3. The number of carboxylic acids is 1. The number of aryl methyl sites for hydroxylation is 2. The lowest BCUT2D eigenvalue weighted by molar-refractivity contribution is 0.0698. The van der Waals surface area contributed by atoms with Crippen LogP contribution in [0.5, 0.6) is 0 Å². The van der Waals surface area contributed by atoms with Gasteiger partial charge in [-0.25, -0.2) is 9.18 Å². The molecule has 2 aromatic rings. The Morgan fingerprint density at radius 2 is 1.95 bits per heavy atom. The highest BCUT2D eigenvalue weighted by Crippen LogP contribution is 2.30. The molecule has 4 N–H and O–H groups in total. The topological polar surface area (TPSA) is 75.3 Å². The van der Waals surface area contributed by atoms with E-state index in [1.54, 1.807) is 0 Å². The maximum Gasteiger partial charge on any atom is 0.340 e. The number of carboxylic acid groups (broad SMARTS) is 1. The molecule has 0 aliphatic heterocycles. The molecule has 0 atom stereocenters. The first kappa shape index (κ1) is 13.4. The summed E-state index contributed by atoms with van der Waals surface area (Å²) >= 11 is 0. The Bertz CT molecular complexity index is 728. The van der Waals surface area contributed by atoms with Crippen LogP contribution >= 0.6 is 0 Å². The predicted molar refractivity (Wildman–Crippen MR) is 79.5 cm³/mol. The van der Waals surface area contributed by atoms with Crippen LogP contribution in [-0.2, 0) is 12.8 Å². The largest absolute Gasteiger partial charge is 0.478 e. The molecule has 0 radical (unpaired) electrons. The first-order chi connectivity index (χ1) is 10.1. The Morgan fingerprint density at radius 1 is 1.19 bits per heavy atom. The van der Waals surface area contributed by atoms with Crippen LogP contribution in [0.3, 0.4) is 0 Å². The van der Waals surface area contributed by atoms with Crippen LogP contribution in [0.1, 0.15) is 27.9 Å². The summed E-state index contributed by atoms with van der Waals surface area (Å²) in [6.45, 7) is 0. The van der Waals surface area contributed by atoms with Crippen molar-refractivity contribution in [2.45, 2.75) is 19.3 Å². The highest BCUT2D eigenvalue weighted by atomic mass is 19.1. The zero-order valence-corrected chi connectivity index (χ0v) is 11.3. The van der Waals surface area contributed by atoms with Gasteiger partial charge in [-0.2, -0.15) is 0 Å². The molecule has 0 spiro atoms. The van der Waals surface area contributed by atoms with Gasteiger partial charge >= 0.3 is 5.97 Å². The SMILES string of the molecule is Nc1c(F)ccc(Nc2ccc3c(c2)CCC3)c1C(=O)O. The second-order valence-electron chi connectivity index (χ2n) is 5.15. The molecule has 1 aliphatic rings. The Morgan fingerprint density at radius 3 is 2.71 bits per heavy atom. The Kier molecular flexibility index (Phi) is 3.25. The molecule has 5 heteroatoms. The van der Waals surface area contributed by atoms with Crippen LogP contribution in [0.2, 0.25) is 0 Å². The van der Waals surface area contributed by atoms with E-state index >= 15 is 0 Å². The number of hydrogen-bond acceptors (Lipinski definition) is 3. The van der Waals surface area contributed by atoms with Crippen molar-refractivity contribution in [2.24, 2.45) is 0 Å². The molecule has 21 heavy (non-hydrogen) atoms. The lowest BCUT2D eigenvalue weighted by Gasteiger charge is -2.13. The lowest BCUT2D eigenvalue weighted by Crippen LogP contribution is -2.08. The lowest BCUT2D eigenvalue weighted by atomic mass is 10.1. The van der Waals surface area contributed by atoms with Crippen molar-refractivity contribution >= 4 is 23.0 Å². The summed E-state index contributed by atoms with van der Waals surface area (Å²) < 4.78 is 13.4. The third kappa shape index (κ3) is 2.42. The van der Waals surface area contributed by atoms with Gasteiger partial charge in [-0.3, -0.25) is 0 Å². The quantitative estimate of drug-likeness (QED) is 0.756. The van der Waals surface area contributed by atoms with Crippen LogP contribution in [0.25, 0.3) is 0 Å². The molecule has 2 aromatic carbocycles. The van der Waals surface area contributed by atoms with Gasteiger partial charge in [0.1, 0.15) is 11.4 Å². The van der Waals surface area contributed by atoms with Crippen molar-refractivity contribution in [2.75, 3.05) is 11.1 Å². The predicted octanol–water partition coefficient (Wildman–Crippen LogP) is 3.34. The van der Waals surface area contributed by atoms with Gasteiger partial charge < -0.3 is 16.2 Å². The summed E-state index contributed by atoms with van der Waals surface area (Å²) in [6.07, 6.45) is 3.25. The number of aromatic carboxylic acids is 1. The fraction of sp³-hybridized carbons (Fsp3) is 0.188. The van der Waals surface area contributed by atoms with E-state index in [1.165, 1.54) is 17.2 Å². The monoisotopic (exact) mass is 286 g/mol. The van der Waals surface area contributed by atoms with E-state index in [0.717, 1.165) is 31.0 Å². The van der Waals surface area contributed by atoms with E-state index in [1.807, 2.05) is 18.2 Å². The first-order valence-electron chi connectivity index (χ1n) is 6.76. The van der Waals surface area contributed by atoms with Gasteiger partial charge in [-0.1, -0.05) is 6.07 Å². The average Bonchev–Trinajstić information content (AvgIpc) is 2.90. The van der Waals surface area contributed by atoms with E-state index < -0.39 is 11.8 Å². The van der Waals surface area contributed by atoms with E-state index in [-0.39, 0.29) is 11.3 Å². The van der Waals surface area contributed by atoms with E-state index in [9.17, 15) is 14.3 Å². The Hall–Kier alpha value is -2.56. The standard InChI is InChI=1S/C16H15FN2O2/c17-12-6-7-13(14(15(12)18)16(20)21)19-11-5-4-9-2-1-3-10(9)8-11/h4-8,19H,1-3,18H2,(H,20,21). The molecule has 0 aromatic heterocycles. The van der Waals surface area contributed by atoms with Gasteiger partial charge in [-0.15, -0.1) is 0 Å². The number of fused-ring (bicyclic) bond motifs is 1. The first-order valence-corrected chi connectivity index (χ1v) is 6.76. The molecule has 0 amide bonds. The molecule has 0 bridgehead atoms. The number of carbonyl (C=O) groups is 1. The van der Waals surface area contributed by atoms with Crippen molar-refractivity contribution < 1.29 is 14.3 Å². The molecule has 0 unspecified atom stereocenters. The molecule has 0 fully saturated rings. The summed E-state index contributed by atoms with van der Waals surface area (Å²) in [6, 6.07) is 8.50. The molecular formula is C16H15FN2O2. The average molecular weight is 286 g/mol. The smallest absolute Gasteiger partial charge is 0.340 e. The number of halogens is 1. The minimum atomic E-state index is -1.25. The van der Waals surface area contributed by atoms with Crippen LogP contribution in [0.15, 0.2) is 30.3 Å².